The van der Waals surface area contributed by atoms with Crippen LogP contribution in [-0.2, 0) is 15.0 Å². The molecular weight excluding hydrogens is 369 g/mol. The third-order valence-corrected chi connectivity index (χ3v) is 6.65. The predicted molar refractivity (Wildman–Crippen MR) is 108 cm³/mol. The Morgan fingerprint density at radius 3 is 2.55 bits per heavy atom. The highest BCUT2D eigenvalue weighted by Crippen LogP contribution is 2.54. The van der Waals surface area contributed by atoms with Crippen molar-refractivity contribution in [1.29, 1.82) is 0 Å². The Labute approximate surface area is 169 Å². The van der Waals surface area contributed by atoms with E-state index >= 15 is 0 Å². The molecule has 0 unspecified atom stereocenters. The van der Waals surface area contributed by atoms with E-state index in [0.717, 1.165) is 42.7 Å². The van der Waals surface area contributed by atoms with Gasteiger partial charge in [0.25, 0.3) is 0 Å². The minimum atomic E-state index is -0.838. The second kappa shape index (κ2) is 6.95. The molecule has 0 aromatic heterocycles. The van der Waals surface area contributed by atoms with Gasteiger partial charge < -0.3 is 10.2 Å². The molecule has 5 rings (SSSR count). The van der Waals surface area contributed by atoms with Gasteiger partial charge in [0.2, 0.25) is 11.8 Å². The molecule has 150 valence electrons. The zero-order chi connectivity index (χ0) is 20.0. The van der Waals surface area contributed by atoms with E-state index in [2.05, 4.69) is 10.2 Å². The average Bonchev–Trinajstić information content (AvgIpc) is 3.43. The molecule has 2 fully saturated rings. The number of nitrogens with one attached hydrogen (secondary N) is 1. The Hall–Kier alpha value is -2.73. The van der Waals surface area contributed by atoms with Crippen LogP contribution >= 0.6 is 0 Å². The number of nitrogens with zero attached hydrogens (tertiary/aromatic N) is 2. The summed E-state index contributed by atoms with van der Waals surface area (Å²) in [5, 5.41) is 3.01. The summed E-state index contributed by atoms with van der Waals surface area (Å²) in [5.41, 5.74) is 1.69. The molecule has 2 atom stereocenters. The Balaban J connectivity index is 1.58. The molecule has 0 radical (unpaired) electrons. The second-order valence-corrected chi connectivity index (χ2v) is 8.25. The van der Waals surface area contributed by atoms with E-state index in [4.69, 9.17) is 0 Å². The van der Waals surface area contributed by atoms with Crippen LogP contribution in [0, 0.1) is 5.82 Å². The molecule has 3 aliphatic rings. The summed E-state index contributed by atoms with van der Waals surface area (Å²) in [5.74, 6) is -0.369. The predicted octanol–water partition coefficient (Wildman–Crippen LogP) is 3.09. The van der Waals surface area contributed by atoms with Crippen LogP contribution in [0.3, 0.4) is 0 Å². The van der Waals surface area contributed by atoms with Crippen molar-refractivity contribution in [2.75, 3.05) is 31.5 Å². The molecule has 0 bridgehead atoms. The number of anilines is 1. The fraction of sp³-hybridized carbons (Fsp3) is 0.391. The first-order chi connectivity index (χ1) is 14.1. The standard InChI is InChI=1S/C23H24FN3O2/c24-17-9-7-16(8-10-17)21-23(18-5-1-2-6-19(18)25-22(23)29)11-14-27(21)20(28)15-26-12-3-4-13-26/h1-2,5-10,21H,3-4,11-15H2,(H,25,29)/t21-,23+/m0/s1. The highest BCUT2D eigenvalue weighted by Gasteiger charge is 2.59. The van der Waals surface area contributed by atoms with Crippen molar-refractivity contribution in [2.45, 2.75) is 30.7 Å². The van der Waals surface area contributed by atoms with Gasteiger partial charge >= 0.3 is 0 Å². The number of benzene rings is 2. The molecule has 1 spiro atoms. The Morgan fingerprint density at radius 2 is 1.79 bits per heavy atom. The molecule has 2 saturated heterocycles. The molecular formula is C23H24FN3O2. The molecule has 0 aliphatic carbocycles. The summed E-state index contributed by atoms with van der Waals surface area (Å²) in [6.45, 7) is 2.76. The van der Waals surface area contributed by atoms with E-state index in [1.807, 2.05) is 29.2 Å². The van der Waals surface area contributed by atoms with Crippen LogP contribution in [0.15, 0.2) is 48.5 Å². The number of hydrogen-bond donors (Lipinski definition) is 1. The number of hydrogen-bond acceptors (Lipinski definition) is 3. The van der Waals surface area contributed by atoms with Gasteiger partial charge in [-0.2, -0.15) is 0 Å². The van der Waals surface area contributed by atoms with Gasteiger partial charge in [0.1, 0.15) is 11.2 Å². The number of para-hydroxylation sites is 1. The number of amides is 2. The number of carbonyl (C=O) groups is 2. The average molecular weight is 393 g/mol. The first kappa shape index (κ1) is 18.3. The molecule has 5 nitrogen and oxygen atoms in total. The van der Waals surface area contributed by atoms with Crippen LogP contribution in [0.25, 0.3) is 0 Å². The lowest BCUT2D eigenvalue weighted by atomic mass is 9.72. The molecule has 6 heteroatoms. The highest BCUT2D eigenvalue weighted by molar-refractivity contribution is 6.07. The largest absolute Gasteiger partial charge is 0.333 e. The van der Waals surface area contributed by atoms with Gasteiger partial charge in [0.15, 0.2) is 0 Å². The number of carbonyl (C=O) groups excluding carboxylic acids is 2. The van der Waals surface area contributed by atoms with Gasteiger partial charge in [-0.1, -0.05) is 30.3 Å². The monoisotopic (exact) mass is 393 g/mol. The van der Waals surface area contributed by atoms with Gasteiger partial charge in [-0.15, -0.1) is 0 Å². The van der Waals surface area contributed by atoms with Crippen molar-refractivity contribution >= 4 is 17.5 Å². The SMILES string of the molecule is O=C(CN1CCCC1)N1CC[C@]2(C(=O)Nc3ccccc32)[C@@H]1c1ccc(F)cc1. The van der Waals surface area contributed by atoms with Gasteiger partial charge in [0.05, 0.1) is 12.6 Å². The molecule has 0 saturated carbocycles. The van der Waals surface area contributed by atoms with Gasteiger partial charge in [-0.05, 0) is 61.7 Å². The smallest absolute Gasteiger partial charge is 0.237 e. The Morgan fingerprint density at radius 1 is 1.07 bits per heavy atom. The Bertz CT molecular complexity index is 955. The van der Waals surface area contributed by atoms with Crippen LogP contribution in [0.5, 0.6) is 0 Å². The van der Waals surface area contributed by atoms with Gasteiger partial charge in [-0.25, -0.2) is 4.39 Å². The second-order valence-electron chi connectivity index (χ2n) is 8.25. The maximum atomic E-state index is 13.6. The van der Waals surface area contributed by atoms with Crippen molar-refractivity contribution in [3.8, 4) is 0 Å². The van der Waals surface area contributed by atoms with Crippen molar-refractivity contribution in [2.24, 2.45) is 0 Å². The highest BCUT2D eigenvalue weighted by atomic mass is 19.1. The van der Waals surface area contributed by atoms with Crippen LogP contribution in [0.1, 0.15) is 36.4 Å². The molecule has 3 aliphatic heterocycles. The first-order valence-corrected chi connectivity index (χ1v) is 10.3. The fourth-order valence-corrected chi connectivity index (χ4v) is 5.29. The van der Waals surface area contributed by atoms with Gasteiger partial charge in [-0.3, -0.25) is 14.5 Å². The lowest BCUT2D eigenvalue weighted by Crippen LogP contribution is -2.45. The van der Waals surface area contributed by atoms with Crippen molar-refractivity contribution < 1.29 is 14.0 Å². The van der Waals surface area contributed by atoms with Crippen LogP contribution in [0.4, 0.5) is 10.1 Å². The minimum Gasteiger partial charge on any atom is -0.333 e. The summed E-state index contributed by atoms with van der Waals surface area (Å²) >= 11 is 0. The first-order valence-electron chi connectivity index (χ1n) is 10.3. The summed E-state index contributed by atoms with van der Waals surface area (Å²) in [6.07, 6.45) is 2.80. The van der Waals surface area contributed by atoms with E-state index in [1.165, 1.54) is 12.1 Å². The van der Waals surface area contributed by atoms with E-state index < -0.39 is 11.5 Å². The van der Waals surface area contributed by atoms with Crippen molar-refractivity contribution in [3.63, 3.8) is 0 Å². The van der Waals surface area contributed by atoms with E-state index in [0.29, 0.717) is 19.5 Å². The molecule has 2 aromatic carbocycles. The third-order valence-electron chi connectivity index (χ3n) is 6.65. The fourth-order valence-electron chi connectivity index (χ4n) is 5.29. The number of rotatable bonds is 3. The molecule has 2 amide bonds. The lowest BCUT2D eigenvalue weighted by molar-refractivity contribution is -0.134. The van der Waals surface area contributed by atoms with Crippen molar-refractivity contribution in [3.05, 3.63) is 65.5 Å². The third kappa shape index (κ3) is 2.85. The molecule has 1 N–H and O–H groups in total. The number of likely N-dealkylation sites (tertiary alicyclic amines) is 2. The number of halogens is 1. The van der Waals surface area contributed by atoms with Crippen LogP contribution in [0.2, 0.25) is 0 Å². The minimum absolute atomic E-state index is 0.0373. The quantitative estimate of drug-likeness (QED) is 0.872. The summed E-state index contributed by atoms with van der Waals surface area (Å²) in [4.78, 5) is 30.6. The van der Waals surface area contributed by atoms with E-state index in [-0.39, 0.29) is 17.6 Å². The molecule has 2 aromatic rings. The summed E-state index contributed by atoms with van der Waals surface area (Å²) < 4.78 is 13.6. The Kier molecular flexibility index (Phi) is 4.39. The normalized spacial score (nSPS) is 26.2. The van der Waals surface area contributed by atoms with Gasteiger partial charge in [0, 0.05) is 12.2 Å². The lowest BCUT2D eigenvalue weighted by Gasteiger charge is -2.35. The maximum Gasteiger partial charge on any atom is 0.237 e. The van der Waals surface area contributed by atoms with Crippen LogP contribution in [-0.4, -0.2) is 47.8 Å². The zero-order valence-electron chi connectivity index (χ0n) is 16.2. The van der Waals surface area contributed by atoms with Crippen LogP contribution < -0.4 is 5.32 Å². The molecule has 3 heterocycles. The topological polar surface area (TPSA) is 52.7 Å². The summed E-state index contributed by atoms with van der Waals surface area (Å²) in [6, 6.07) is 13.5. The maximum absolute atomic E-state index is 13.6. The van der Waals surface area contributed by atoms with Crippen molar-refractivity contribution in [1.82, 2.24) is 9.80 Å². The molecule has 29 heavy (non-hydrogen) atoms. The summed E-state index contributed by atoms with van der Waals surface area (Å²) in [7, 11) is 0. The number of fused-ring (bicyclic) bond motifs is 2. The van der Waals surface area contributed by atoms with E-state index in [1.54, 1.807) is 12.1 Å². The van der Waals surface area contributed by atoms with E-state index in [9.17, 15) is 14.0 Å². The zero-order valence-corrected chi connectivity index (χ0v) is 16.2.